The Morgan fingerprint density at radius 3 is 2.80 bits per heavy atom. The van der Waals surface area contributed by atoms with Crippen LogP contribution in [0.2, 0.25) is 5.02 Å². The molecule has 0 atom stereocenters. The molecule has 3 heteroatoms. The molecule has 0 aliphatic heterocycles. The highest BCUT2D eigenvalue weighted by Gasteiger charge is 2.02. The number of hydrogen-bond acceptors (Lipinski definition) is 1. The second-order valence-corrected chi connectivity index (χ2v) is 4.32. The molecule has 1 rings (SSSR count). The van der Waals surface area contributed by atoms with Gasteiger partial charge in [-0.1, -0.05) is 45.7 Å². The summed E-state index contributed by atoms with van der Waals surface area (Å²) in [5.74, 6) is 0.722. The minimum atomic E-state index is 0.666. The van der Waals surface area contributed by atoms with Gasteiger partial charge in [-0.3, -0.25) is 0 Å². The van der Waals surface area contributed by atoms with E-state index in [4.69, 9.17) is 16.3 Å². The van der Waals surface area contributed by atoms with Crippen molar-refractivity contribution >= 4 is 27.5 Å². The third-order valence-corrected chi connectivity index (χ3v) is 3.26. The second-order valence-electron chi connectivity index (χ2n) is 3.35. The van der Waals surface area contributed by atoms with Crippen molar-refractivity contribution < 1.29 is 4.74 Å². The molecule has 0 aliphatic carbocycles. The van der Waals surface area contributed by atoms with Gasteiger partial charge in [0, 0.05) is 5.33 Å². The summed E-state index contributed by atoms with van der Waals surface area (Å²) in [6, 6.07) is 5.88. The lowest BCUT2D eigenvalue weighted by atomic mass is 10.1. The van der Waals surface area contributed by atoms with Gasteiger partial charge in [0.25, 0.3) is 0 Å². The summed E-state index contributed by atoms with van der Waals surface area (Å²) < 4.78 is 5.09. The van der Waals surface area contributed by atoms with E-state index in [1.165, 1.54) is 11.1 Å². The van der Waals surface area contributed by atoms with E-state index < -0.39 is 0 Å². The monoisotopic (exact) mass is 288 g/mol. The Labute approximate surface area is 104 Å². The zero-order valence-corrected chi connectivity index (χ0v) is 11.1. The largest absolute Gasteiger partial charge is 0.495 e. The summed E-state index contributed by atoms with van der Waals surface area (Å²) in [6.07, 6.45) is 1.95. The smallest absolute Gasteiger partial charge is 0.137 e. The number of alkyl halides is 1. The lowest BCUT2D eigenvalue weighted by molar-refractivity contribution is 0.415. The Hall–Kier alpha value is -0.470. The van der Waals surface area contributed by atoms with Gasteiger partial charge in [0.05, 0.1) is 12.1 Å². The van der Waals surface area contributed by atoms with E-state index in [9.17, 15) is 0 Å². The molecule has 0 spiro atoms. The van der Waals surface area contributed by atoms with Crippen LogP contribution in [-0.2, 0) is 6.42 Å². The van der Waals surface area contributed by atoms with Crippen LogP contribution < -0.4 is 4.74 Å². The lowest BCUT2D eigenvalue weighted by Crippen LogP contribution is -1.91. The molecule has 0 aliphatic rings. The molecule has 0 saturated heterocycles. The van der Waals surface area contributed by atoms with Crippen LogP contribution >= 0.6 is 27.5 Å². The highest BCUT2D eigenvalue weighted by atomic mass is 79.9. The van der Waals surface area contributed by atoms with Crippen LogP contribution in [0.4, 0.5) is 0 Å². The Morgan fingerprint density at radius 1 is 1.53 bits per heavy atom. The number of methoxy groups -OCH3 is 1. The van der Waals surface area contributed by atoms with E-state index in [0.717, 1.165) is 23.9 Å². The Balaban J connectivity index is 2.63. The molecule has 0 heterocycles. The van der Waals surface area contributed by atoms with Crippen molar-refractivity contribution in [3.05, 3.63) is 40.9 Å². The average Bonchev–Trinajstić information content (AvgIpc) is 2.26. The van der Waals surface area contributed by atoms with Crippen LogP contribution in [0.1, 0.15) is 12.0 Å². The van der Waals surface area contributed by atoms with Crippen LogP contribution in [0, 0.1) is 0 Å². The lowest BCUT2D eigenvalue weighted by Gasteiger charge is -2.06. The molecule has 0 bridgehead atoms. The first kappa shape index (κ1) is 12.6. The molecule has 1 aromatic rings. The van der Waals surface area contributed by atoms with Gasteiger partial charge in [-0.05, 0) is 30.5 Å². The predicted molar refractivity (Wildman–Crippen MR) is 69.3 cm³/mol. The first-order valence-corrected chi connectivity index (χ1v) is 6.22. The highest BCUT2D eigenvalue weighted by molar-refractivity contribution is 9.09. The zero-order valence-electron chi connectivity index (χ0n) is 8.72. The maximum Gasteiger partial charge on any atom is 0.137 e. The molecular weight excluding hydrogens is 275 g/mol. The molecule has 0 radical (unpaired) electrons. The molecule has 82 valence electrons. The summed E-state index contributed by atoms with van der Waals surface area (Å²) in [6.45, 7) is 3.94. The van der Waals surface area contributed by atoms with Gasteiger partial charge >= 0.3 is 0 Å². The molecule has 0 amide bonds. The normalized spacial score (nSPS) is 10.1. The molecule has 0 saturated carbocycles. The van der Waals surface area contributed by atoms with Crippen LogP contribution in [0.5, 0.6) is 5.75 Å². The fraction of sp³-hybridized carbons (Fsp3) is 0.333. The average molecular weight is 290 g/mol. The summed E-state index contributed by atoms with van der Waals surface area (Å²) in [7, 11) is 1.62. The van der Waals surface area contributed by atoms with E-state index in [-0.39, 0.29) is 0 Å². The minimum Gasteiger partial charge on any atom is -0.495 e. The van der Waals surface area contributed by atoms with E-state index in [0.29, 0.717) is 5.02 Å². The first-order chi connectivity index (χ1) is 7.17. The second kappa shape index (κ2) is 6.19. The zero-order chi connectivity index (χ0) is 11.3. The number of rotatable bonds is 5. The van der Waals surface area contributed by atoms with E-state index >= 15 is 0 Å². The van der Waals surface area contributed by atoms with Gasteiger partial charge in [0.1, 0.15) is 5.75 Å². The summed E-state index contributed by atoms with van der Waals surface area (Å²) in [4.78, 5) is 0. The standard InChI is InChI=1S/C12H14BrClO/c1-9(8-13)3-4-10-5-6-12(15-2)11(14)7-10/h5-7H,1,3-4,8H2,2H3. The first-order valence-electron chi connectivity index (χ1n) is 4.72. The molecular formula is C12H14BrClO. The summed E-state index contributed by atoms with van der Waals surface area (Å²) >= 11 is 9.40. The van der Waals surface area contributed by atoms with Crippen molar-refractivity contribution in [2.45, 2.75) is 12.8 Å². The molecule has 1 aromatic carbocycles. The van der Waals surface area contributed by atoms with Crippen molar-refractivity contribution in [1.29, 1.82) is 0 Å². The van der Waals surface area contributed by atoms with Crippen molar-refractivity contribution in [3.63, 3.8) is 0 Å². The topological polar surface area (TPSA) is 9.23 Å². The summed E-state index contributed by atoms with van der Waals surface area (Å²) in [5.41, 5.74) is 2.41. The van der Waals surface area contributed by atoms with E-state index in [2.05, 4.69) is 22.5 Å². The molecule has 1 nitrogen and oxygen atoms in total. The van der Waals surface area contributed by atoms with Crippen LogP contribution in [-0.4, -0.2) is 12.4 Å². The Morgan fingerprint density at radius 2 is 2.27 bits per heavy atom. The van der Waals surface area contributed by atoms with Gasteiger partial charge in [-0.2, -0.15) is 0 Å². The SMILES string of the molecule is C=C(CBr)CCc1ccc(OC)c(Cl)c1. The van der Waals surface area contributed by atoms with Gasteiger partial charge in [0.15, 0.2) is 0 Å². The molecule has 0 unspecified atom stereocenters. The quantitative estimate of drug-likeness (QED) is 0.582. The van der Waals surface area contributed by atoms with Gasteiger partial charge in [-0.15, -0.1) is 0 Å². The fourth-order valence-corrected chi connectivity index (χ4v) is 1.81. The van der Waals surface area contributed by atoms with Crippen molar-refractivity contribution in [2.24, 2.45) is 0 Å². The predicted octanol–water partition coefficient (Wildman–Crippen LogP) is 4.23. The van der Waals surface area contributed by atoms with E-state index in [1.807, 2.05) is 18.2 Å². The number of allylic oxidation sites excluding steroid dienone is 1. The number of ether oxygens (including phenoxy) is 1. The number of benzene rings is 1. The van der Waals surface area contributed by atoms with Crippen LogP contribution in [0.15, 0.2) is 30.4 Å². The number of halogens is 2. The number of hydrogen-bond donors (Lipinski definition) is 0. The van der Waals surface area contributed by atoms with Crippen molar-refractivity contribution in [1.82, 2.24) is 0 Å². The van der Waals surface area contributed by atoms with Crippen molar-refractivity contribution in [3.8, 4) is 5.75 Å². The maximum atomic E-state index is 6.02. The van der Waals surface area contributed by atoms with Gasteiger partial charge in [-0.25, -0.2) is 0 Å². The molecule has 0 fully saturated rings. The Bertz CT molecular complexity index is 349. The maximum absolute atomic E-state index is 6.02. The third-order valence-electron chi connectivity index (χ3n) is 2.17. The van der Waals surface area contributed by atoms with E-state index in [1.54, 1.807) is 7.11 Å². The fourth-order valence-electron chi connectivity index (χ4n) is 1.25. The molecule has 0 aromatic heterocycles. The third kappa shape index (κ3) is 3.88. The van der Waals surface area contributed by atoms with Crippen LogP contribution in [0.25, 0.3) is 0 Å². The van der Waals surface area contributed by atoms with Crippen LogP contribution in [0.3, 0.4) is 0 Å². The highest BCUT2D eigenvalue weighted by Crippen LogP contribution is 2.25. The summed E-state index contributed by atoms with van der Waals surface area (Å²) in [5, 5.41) is 1.52. The van der Waals surface area contributed by atoms with Gasteiger partial charge < -0.3 is 4.74 Å². The van der Waals surface area contributed by atoms with Gasteiger partial charge in [0.2, 0.25) is 0 Å². The molecule has 15 heavy (non-hydrogen) atoms. The minimum absolute atomic E-state index is 0.666. The number of aryl methyl sites for hydroxylation is 1. The van der Waals surface area contributed by atoms with Crippen molar-refractivity contribution in [2.75, 3.05) is 12.4 Å². The Kier molecular flexibility index (Phi) is 5.20. The molecule has 0 N–H and O–H groups in total.